The molecule has 2 nitrogen and oxygen atoms in total. The largest absolute Gasteiger partial charge is 0.393 e. The number of hydrogen-bond donors (Lipinski definition) is 1. The number of aryl methyl sites for hydroxylation is 1. The Labute approximate surface area is 194 Å². The molecule has 0 atom stereocenters. The molecule has 0 unspecified atom stereocenters. The summed E-state index contributed by atoms with van der Waals surface area (Å²) in [5, 5.41) is -5.94. The second kappa shape index (κ2) is 8.72. The van der Waals surface area contributed by atoms with Crippen molar-refractivity contribution < 1.29 is 75.0 Å². The number of carbonyl (C=O) groups excluding carboxylic acids is 1. The summed E-state index contributed by atoms with van der Waals surface area (Å²) in [5.41, 5.74) is -0.803. The third-order valence-electron chi connectivity index (χ3n) is 4.86. The van der Waals surface area contributed by atoms with Crippen LogP contribution in [-0.2, 0) is 4.79 Å². The zero-order valence-corrected chi connectivity index (χ0v) is 17.8. The molecule has 0 heterocycles. The summed E-state index contributed by atoms with van der Waals surface area (Å²) in [6.45, 7) is 2.31. The first-order chi connectivity index (χ1) is 15.6. The van der Waals surface area contributed by atoms with Gasteiger partial charge in [-0.05, 0) is 42.6 Å². The van der Waals surface area contributed by atoms with Crippen LogP contribution in [0.2, 0.25) is 0 Å². The molecule has 1 N–H and O–H groups in total. The number of nitrogens with one attached hydrogen (secondary N) is 1. The molecule has 0 aliphatic rings. The van der Waals surface area contributed by atoms with E-state index in [2.05, 4.69) is 11.6 Å². The summed E-state index contributed by atoms with van der Waals surface area (Å²) < 4.78 is 215. The minimum atomic E-state index is -8.62. The second-order valence-corrected chi connectivity index (χ2v) is 7.69. The van der Waals surface area contributed by atoms with Gasteiger partial charge in [-0.3, -0.25) is 4.79 Å². The predicted molar refractivity (Wildman–Crippen MR) is 90.0 cm³/mol. The van der Waals surface area contributed by atoms with Gasteiger partial charge in [-0.1, -0.05) is 12.1 Å². The van der Waals surface area contributed by atoms with Gasteiger partial charge in [-0.15, -0.1) is 0 Å². The van der Waals surface area contributed by atoms with E-state index < -0.39 is 58.4 Å². The van der Waals surface area contributed by atoms with E-state index in [1.54, 1.807) is 0 Å². The van der Waals surface area contributed by atoms with Crippen LogP contribution < -0.4 is 5.32 Å². The molecule has 19 heteroatoms. The van der Waals surface area contributed by atoms with E-state index in [9.17, 15) is 75.0 Å². The molecule has 0 saturated carbocycles. The maximum atomic E-state index is 13.9. The zero-order chi connectivity index (χ0) is 29.1. The standard InChI is InChI=1S/C17H10ClF16NO/c1-6-4-3-5-8(7(6)2)35-9(36)10(19,20)11(21,22)12(23,24)13(25,26)14(27,28)15(29,30)16(31,32)17(18,33)34/h3-5H,1-2H3,(H,35,36). The quantitative estimate of drug-likeness (QED) is 0.237. The molecular weight excluding hydrogens is 574 g/mol. The molecule has 1 amide bonds. The smallest absolute Gasteiger partial charge is 0.320 e. The Morgan fingerprint density at radius 1 is 0.639 bits per heavy atom. The van der Waals surface area contributed by atoms with Crippen LogP contribution in [-0.4, -0.2) is 52.7 Å². The molecule has 0 bridgehead atoms. The molecule has 0 fully saturated rings. The zero-order valence-electron chi connectivity index (χ0n) is 17.1. The second-order valence-electron chi connectivity index (χ2n) is 7.22. The lowest BCUT2D eigenvalue weighted by molar-refractivity contribution is -0.445. The molecular formula is C17H10ClF16NO. The molecule has 0 spiro atoms. The van der Waals surface area contributed by atoms with Crippen LogP contribution >= 0.6 is 11.6 Å². The van der Waals surface area contributed by atoms with Crippen molar-refractivity contribution in [3.8, 4) is 0 Å². The van der Waals surface area contributed by atoms with Crippen LogP contribution in [0.4, 0.5) is 75.9 Å². The average Bonchev–Trinajstić information content (AvgIpc) is 2.69. The van der Waals surface area contributed by atoms with Crippen LogP contribution in [0.25, 0.3) is 0 Å². The fraction of sp³-hybridized carbons (Fsp3) is 0.588. The van der Waals surface area contributed by atoms with Crippen molar-refractivity contribution in [2.45, 2.75) is 60.7 Å². The SMILES string of the molecule is Cc1cccc(NC(=O)C(F)(F)C(F)(F)C(F)(F)C(F)(F)C(F)(F)C(F)(F)C(F)(F)C(F)(F)Cl)c1C. The summed E-state index contributed by atoms with van der Waals surface area (Å²) in [5.74, 6) is -60.5. The van der Waals surface area contributed by atoms with Gasteiger partial charge in [0.1, 0.15) is 0 Å². The number of hydrogen-bond acceptors (Lipinski definition) is 1. The van der Waals surface area contributed by atoms with Crippen molar-refractivity contribution in [1.82, 2.24) is 0 Å². The van der Waals surface area contributed by atoms with Gasteiger partial charge >= 0.3 is 52.7 Å². The lowest BCUT2D eigenvalue weighted by atomic mass is 9.89. The third-order valence-corrected chi connectivity index (χ3v) is 5.10. The molecule has 1 aromatic carbocycles. The molecule has 1 rings (SSSR count). The first-order valence-electron chi connectivity index (χ1n) is 8.66. The van der Waals surface area contributed by atoms with E-state index in [1.165, 1.54) is 13.0 Å². The van der Waals surface area contributed by atoms with Crippen molar-refractivity contribution in [2.24, 2.45) is 0 Å². The van der Waals surface area contributed by atoms with Crippen LogP contribution in [0.15, 0.2) is 18.2 Å². The third kappa shape index (κ3) is 4.21. The fourth-order valence-corrected chi connectivity index (χ4v) is 2.51. The number of rotatable bonds is 9. The van der Waals surface area contributed by atoms with Gasteiger partial charge in [0, 0.05) is 5.69 Å². The Bertz CT molecular complexity index is 1000. The van der Waals surface area contributed by atoms with Crippen molar-refractivity contribution in [3.05, 3.63) is 29.3 Å². The Kier molecular flexibility index (Phi) is 7.72. The summed E-state index contributed by atoms with van der Waals surface area (Å²) >= 11 is 3.43. The number of anilines is 1. The molecule has 0 radical (unpaired) electrons. The average molecular weight is 584 g/mol. The van der Waals surface area contributed by atoms with Gasteiger partial charge in [-0.2, -0.15) is 70.2 Å². The van der Waals surface area contributed by atoms with Gasteiger partial charge in [0.15, 0.2) is 0 Å². The lowest BCUT2D eigenvalue weighted by Crippen LogP contribution is -2.75. The molecule has 1 aromatic rings. The van der Waals surface area contributed by atoms with Gasteiger partial charge in [0.25, 0.3) is 0 Å². The predicted octanol–water partition coefficient (Wildman–Crippen LogP) is 7.52. The number of benzene rings is 1. The van der Waals surface area contributed by atoms with E-state index >= 15 is 0 Å². The van der Waals surface area contributed by atoms with Crippen molar-refractivity contribution >= 4 is 23.2 Å². The minimum Gasteiger partial charge on any atom is -0.320 e. The van der Waals surface area contributed by atoms with Crippen LogP contribution in [0, 0.1) is 13.8 Å². The molecule has 0 aromatic heterocycles. The highest BCUT2D eigenvalue weighted by molar-refractivity contribution is 6.22. The maximum absolute atomic E-state index is 13.9. The number of halogens is 17. The van der Waals surface area contributed by atoms with Crippen LogP contribution in [0.1, 0.15) is 11.1 Å². The molecule has 36 heavy (non-hydrogen) atoms. The van der Waals surface area contributed by atoms with Gasteiger partial charge in [-0.25, -0.2) is 0 Å². The van der Waals surface area contributed by atoms with Crippen LogP contribution in [0.3, 0.4) is 0 Å². The Hall–Kier alpha value is -2.14. The summed E-state index contributed by atoms with van der Waals surface area (Å²) in [4.78, 5) is 11.6. The molecule has 0 aliphatic heterocycles. The highest BCUT2D eigenvalue weighted by Crippen LogP contribution is 2.64. The van der Waals surface area contributed by atoms with Crippen LogP contribution in [0.5, 0.6) is 0 Å². The fourth-order valence-electron chi connectivity index (χ4n) is 2.39. The van der Waals surface area contributed by atoms with E-state index in [0.29, 0.717) is 6.07 Å². The van der Waals surface area contributed by atoms with Gasteiger partial charge in [0.05, 0.1) is 0 Å². The normalized spacial score (nSPS) is 15.2. The molecule has 208 valence electrons. The van der Waals surface area contributed by atoms with Gasteiger partial charge in [0.2, 0.25) is 0 Å². The maximum Gasteiger partial charge on any atom is 0.393 e. The van der Waals surface area contributed by atoms with E-state index in [-0.39, 0.29) is 11.1 Å². The topological polar surface area (TPSA) is 29.1 Å². The summed E-state index contributed by atoms with van der Waals surface area (Å²) in [6, 6.07) is 2.96. The monoisotopic (exact) mass is 583 g/mol. The van der Waals surface area contributed by atoms with Crippen molar-refractivity contribution in [2.75, 3.05) is 5.32 Å². The molecule has 0 saturated heterocycles. The Balaban J connectivity index is 3.61. The van der Waals surface area contributed by atoms with Crippen molar-refractivity contribution in [1.29, 1.82) is 0 Å². The highest BCUT2D eigenvalue weighted by atomic mass is 35.5. The first-order valence-corrected chi connectivity index (χ1v) is 9.04. The van der Waals surface area contributed by atoms with E-state index in [0.717, 1.165) is 18.3 Å². The summed E-state index contributed by atoms with van der Waals surface area (Å²) in [7, 11) is 0. The summed E-state index contributed by atoms with van der Waals surface area (Å²) in [6.07, 6.45) is 0. The van der Waals surface area contributed by atoms with Crippen molar-refractivity contribution in [3.63, 3.8) is 0 Å². The first kappa shape index (κ1) is 31.9. The van der Waals surface area contributed by atoms with Gasteiger partial charge < -0.3 is 5.32 Å². The number of amides is 1. The van der Waals surface area contributed by atoms with E-state index in [1.807, 2.05) is 0 Å². The molecule has 0 aliphatic carbocycles. The van der Waals surface area contributed by atoms with E-state index in [4.69, 9.17) is 0 Å². The Morgan fingerprint density at radius 3 is 1.39 bits per heavy atom. The highest BCUT2D eigenvalue weighted by Gasteiger charge is 2.95. The lowest BCUT2D eigenvalue weighted by Gasteiger charge is -2.42. The number of carbonyl (C=O) groups is 1. The Morgan fingerprint density at radius 2 is 1.00 bits per heavy atom. The minimum absolute atomic E-state index is 0.165. The number of alkyl halides is 17.